The van der Waals surface area contributed by atoms with Crippen LogP contribution in [0.3, 0.4) is 0 Å². The lowest BCUT2D eigenvalue weighted by Gasteiger charge is -2.44. The third-order valence-corrected chi connectivity index (χ3v) is 14.5. The quantitative estimate of drug-likeness (QED) is 0.135. The molecule has 330 valence electrons. The van der Waals surface area contributed by atoms with Gasteiger partial charge in [0.25, 0.3) is 0 Å². The highest BCUT2D eigenvalue weighted by Crippen LogP contribution is 2.50. The van der Waals surface area contributed by atoms with Crippen LogP contribution in [0.5, 0.6) is 0 Å². The van der Waals surface area contributed by atoms with Gasteiger partial charge in [-0.1, -0.05) is 212 Å². The number of anilines is 4. The van der Waals surface area contributed by atoms with Crippen molar-refractivity contribution in [1.29, 1.82) is 0 Å². The SMILES string of the molecule is CC12C=CC=CC1C=CC=C2N(c1ccc(-c2ccc(N(C3=C4C=CC=CC4C4C=CC=CC4=C3)c3ccc(-c4ccccc4)cc3)cc2)cc1)c1cc(-c2ccccc2)cc(-c2ccccc2)c1. The van der Waals surface area contributed by atoms with Crippen molar-refractivity contribution >= 4 is 22.7 Å². The lowest BCUT2D eigenvalue weighted by molar-refractivity contribution is 0.415. The molecule has 0 spiro atoms. The zero-order valence-corrected chi connectivity index (χ0v) is 38.7. The molecule has 0 N–H and O–H groups in total. The van der Waals surface area contributed by atoms with Gasteiger partial charge < -0.3 is 9.80 Å². The van der Waals surface area contributed by atoms with Gasteiger partial charge in [-0.2, -0.15) is 0 Å². The molecule has 7 aromatic carbocycles. The fourth-order valence-electron chi connectivity index (χ4n) is 10.9. The van der Waals surface area contributed by atoms with Gasteiger partial charge in [0, 0.05) is 51.6 Å². The lowest BCUT2D eigenvalue weighted by Crippen LogP contribution is -2.36. The molecule has 7 aromatic rings. The Bertz CT molecular complexity index is 3300. The molecule has 69 heavy (non-hydrogen) atoms. The third kappa shape index (κ3) is 7.94. The highest BCUT2D eigenvalue weighted by Gasteiger charge is 2.39. The van der Waals surface area contributed by atoms with Crippen LogP contribution in [-0.4, -0.2) is 0 Å². The second-order valence-corrected chi connectivity index (χ2v) is 18.7. The van der Waals surface area contributed by atoms with Crippen LogP contribution in [0.15, 0.2) is 302 Å². The van der Waals surface area contributed by atoms with Crippen molar-refractivity contribution in [3.63, 3.8) is 0 Å². The van der Waals surface area contributed by atoms with Gasteiger partial charge in [-0.3, -0.25) is 0 Å². The van der Waals surface area contributed by atoms with Crippen LogP contribution < -0.4 is 9.80 Å². The van der Waals surface area contributed by atoms with Crippen LogP contribution in [0, 0.1) is 23.2 Å². The zero-order valence-electron chi connectivity index (χ0n) is 38.7. The molecule has 0 aliphatic heterocycles. The summed E-state index contributed by atoms with van der Waals surface area (Å²) in [6, 6.07) is 66.5. The van der Waals surface area contributed by atoms with E-state index in [2.05, 4.69) is 296 Å². The summed E-state index contributed by atoms with van der Waals surface area (Å²) in [6.45, 7) is 2.37. The summed E-state index contributed by atoms with van der Waals surface area (Å²) < 4.78 is 0. The van der Waals surface area contributed by atoms with Gasteiger partial charge in [0.2, 0.25) is 0 Å². The largest absolute Gasteiger partial charge is 0.313 e. The minimum atomic E-state index is -0.249. The maximum absolute atomic E-state index is 2.49. The second-order valence-electron chi connectivity index (χ2n) is 18.7. The van der Waals surface area contributed by atoms with Crippen LogP contribution in [0.2, 0.25) is 0 Å². The molecular weight excluding hydrogens is 833 g/mol. The summed E-state index contributed by atoms with van der Waals surface area (Å²) in [6.07, 6.45) is 36.4. The van der Waals surface area contributed by atoms with Gasteiger partial charge >= 0.3 is 0 Å². The van der Waals surface area contributed by atoms with Crippen LogP contribution in [-0.2, 0) is 0 Å². The predicted molar refractivity (Wildman–Crippen MR) is 291 cm³/mol. The number of nitrogens with zero attached hydrogens (tertiary/aromatic N) is 2. The molecule has 0 bridgehead atoms. The first-order valence-corrected chi connectivity index (χ1v) is 24.2. The summed E-state index contributed by atoms with van der Waals surface area (Å²) in [5.41, 5.74) is 18.8. The van der Waals surface area contributed by atoms with E-state index in [0.29, 0.717) is 5.92 Å². The molecule has 12 rings (SSSR count). The van der Waals surface area contributed by atoms with Gasteiger partial charge in [0.05, 0.1) is 5.70 Å². The highest BCUT2D eigenvalue weighted by atomic mass is 15.2. The first-order valence-electron chi connectivity index (χ1n) is 24.2. The predicted octanol–water partition coefficient (Wildman–Crippen LogP) is 17.5. The molecule has 0 heterocycles. The van der Waals surface area contributed by atoms with E-state index >= 15 is 0 Å². The van der Waals surface area contributed by atoms with Gasteiger partial charge in [0.15, 0.2) is 0 Å². The molecule has 0 saturated carbocycles. The van der Waals surface area contributed by atoms with Gasteiger partial charge in [0.1, 0.15) is 0 Å². The van der Waals surface area contributed by atoms with Crippen molar-refractivity contribution in [3.8, 4) is 44.5 Å². The Kier molecular flexibility index (Phi) is 10.9. The minimum absolute atomic E-state index is 0.241. The van der Waals surface area contributed by atoms with Crippen molar-refractivity contribution in [2.45, 2.75) is 6.92 Å². The van der Waals surface area contributed by atoms with E-state index in [1.807, 2.05) is 0 Å². The molecule has 4 atom stereocenters. The number of rotatable bonds is 10. The third-order valence-electron chi connectivity index (χ3n) is 14.5. The van der Waals surface area contributed by atoms with Crippen LogP contribution in [0.25, 0.3) is 44.5 Å². The van der Waals surface area contributed by atoms with Crippen molar-refractivity contribution < 1.29 is 0 Å². The maximum atomic E-state index is 2.49. The summed E-state index contributed by atoms with van der Waals surface area (Å²) in [4.78, 5) is 4.94. The molecule has 0 aromatic heterocycles. The normalized spacial score (nSPS) is 20.4. The van der Waals surface area contributed by atoms with E-state index in [1.54, 1.807) is 0 Å². The molecule has 0 fully saturated rings. The van der Waals surface area contributed by atoms with E-state index in [9.17, 15) is 0 Å². The first kappa shape index (κ1) is 41.9. The van der Waals surface area contributed by atoms with Crippen molar-refractivity contribution in [3.05, 3.63) is 302 Å². The van der Waals surface area contributed by atoms with Crippen molar-refractivity contribution in [1.82, 2.24) is 0 Å². The average molecular weight is 885 g/mol. The van der Waals surface area contributed by atoms with E-state index < -0.39 is 0 Å². The standard InChI is InChI=1S/C67H52N2/c1-67-43-16-15-25-57(67)26-17-30-66(67)69(61-45-55(49-20-7-3-8-21-49)44-56(46-61)50-22-9-4-10-23-50)60-41-35-53(36-42-60)52-33-39-59(40-34-52)68(58-37-31-51(32-38-58)48-18-5-2-6-19-48)65-47-54-24-11-12-27-62(54)63-28-13-14-29-64(63)65/h2-47,57,62-63H,1H3. The van der Waals surface area contributed by atoms with E-state index in [0.717, 1.165) is 22.7 Å². The molecular formula is C67H52N2. The second kappa shape index (κ2) is 18.0. The molecule has 2 nitrogen and oxygen atoms in total. The van der Waals surface area contributed by atoms with E-state index in [-0.39, 0.29) is 17.3 Å². The molecule has 4 unspecified atom stereocenters. The molecule has 2 heteroatoms. The Morgan fingerprint density at radius 3 is 1.41 bits per heavy atom. The fourth-order valence-corrected chi connectivity index (χ4v) is 10.9. The minimum Gasteiger partial charge on any atom is -0.313 e. The van der Waals surface area contributed by atoms with Gasteiger partial charge in [-0.15, -0.1) is 0 Å². The van der Waals surface area contributed by atoms with Crippen molar-refractivity contribution in [2.75, 3.05) is 9.80 Å². The monoisotopic (exact) mass is 884 g/mol. The van der Waals surface area contributed by atoms with Gasteiger partial charge in [-0.05, 0) is 129 Å². The number of hydrogen-bond acceptors (Lipinski definition) is 2. The summed E-state index contributed by atoms with van der Waals surface area (Å²) in [7, 11) is 0. The molecule has 0 radical (unpaired) electrons. The molecule has 5 aliphatic carbocycles. The smallest absolute Gasteiger partial charge is 0.0502 e. The summed E-state index contributed by atoms with van der Waals surface area (Å²) >= 11 is 0. The molecule has 0 saturated heterocycles. The fraction of sp³-hybridized carbons (Fsp3) is 0.0746. The van der Waals surface area contributed by atoms with E-state index in [4.69, 9.17) is 0 Å². The first-order chi connectivity index (χ1) is 34.1. The Balaban J connectivity index is 0.938. The van der Waals surface area contributed by atoms with E-state index in [1.165, 1.54) is 67.0 Å². The Hall–Kier alpha value is -8.46. The topological polar surface area (TPSA) is 6.48 Å². The number of allylic oxidation sites excluding steroid dienone is 18. The zero-order chi connectivity index (χ0) is 46.2. The lowest BCUT2D eigenvalue weighted by atomic mass is 9.69. The number of fused-ring (bicyclic) bond motifs is 4. The Labute approximate surface area is 406 Å². The number of hydrogen-bond donors (Lipinski definition) is 0. The van der Waals surface area contributed by atoms with Gasteiger partial charge in [-0.25, -0.2) is 0 Å². The van der Waals surface area contributed by atoms with Crippen LogP contribution in [0.4, 0.5) is 22.7 Å². The molecule has 5 aliphatic rings. The summed E-state index contributed by atoms with van der Waals surface area (Å²) in [5, 5.41) is 0. The summed E-state index contributed by atoms with van der Waals surface area (Å²) in [5.74, 6) is 0.827. The Morgan fingerprint density at radius 2 is 0.841 bits per heavy atom. The average Bonchev–Trinajstić information content (AvgIpc) is 3.42. The number of benzene rings is 7. The van der Waals surface area contributed by atoms with Crippen molar-refractivity contribution in [2.24, 2.45) is 23.2 Å². The maximum Gasteiger partial charge on any atom is 0.0502 e. The van der Waals surface area contributed by atoms with Crippen LogP contribution in [0.1, 0.15) is 6.92 Å². The highest BCUT2D eigenvalue weighted by molar-refractivity contribution is 5.84. The van der Waals surface area contributed by atoms with Crippen LogP contribution >= 0.6 is 0 Å². The molecule has 0 amide bonds. The Morgan fingerprint density at radius 1 is 0.377 bits per heavy atom.